The molecule has 1 aliphatic heterocycles. The number of hydrogen-bond acceptors (Lipinski definition) is 9. The molecule has 2 amide bonds. The molecule has 1 aliphatic rings. The van der Waals surface area contributed by atoms with E-state index in [9.17, 15) is 14.4 Å². The van der Waals surface area contributed by atoms with Crippen LogP contribution in [0.4, 0.5) is 17.1 Å². The first-order valence-electron chi connectivity index (χ1n) is 16.2. The van der Waals surface area contributed by atoms with Crippen LogP contribution in [0.5, 0.6) is 11.5 Å². The van der Waals surface area contributed by atoms with Gasteiger partial charge in [-0.15, -0.1) is 0 Å². The first-order chi connectivity index (χ1) is 24.3. The van der Waals surface area contributed by atoms with Crippen molar-refractivity contribution in [2.45, 2.75) is 6.54 Å². The van der Waals surface area contributed by atoms with Gasteiger partial charge < -0.3 is 29.4 Å². The zero-order chi connectivity index (χ0) is 34.8. The van der Waals surface area contributed by atoms with Gasteiger partial charge in [0.05, 0.1) is 42.6 Å². The van der Waals surface area contributed by atoms with E-state index in [-0.39, 0.29) is 28.0 Å². The summed E-state index contributed by atoms with van der Waals surface area (Å²) in [5.74, 6) is -0.768. The van der Waals surface area contributed by atoms with Crippen LogP contribution in [0.3, 0.4) is 0 Å². The van der Waals surface area contributed by atoms with Crippen LogP contribution >= 0.6 is 0 Å². The van der Waals surface area contributed by atoms with E-state index >= 15 is 0 Å². The summed E-state index contributed by atoms with van der Waals surface area (Å²) in [5.41, 5.74) is 4.24. The molecule has 0 radical (unpaired) electrons. The molecular formula is C38H36N6O6. The molecular weight excluding hydrogens is 636 g/mol. The highest BCUT2D eigenvalue weighted by Crippen LogP contribution is 2.34. The van der Waals surface area contributed by atoms with Crippen LogP contribution in [0.2, 0.25) is 0 Å². The molecule has 0 spiro atoms. The van der Waals surface area contributed by atoms with E-state index in [1.807, 2.05) is 42.2 Å². The number of aromatic nitrogens is 2. The van der Waals surface area contributed by atoms with E-state index in [0.717, 1.165) is 55.4 Å². The fraction of sp³-hybridized carbons (Fsp3) is 0.211. The predicted molar refractivity (Wildman–Crippen MR) is 193 cm³/mol. The zero-order valence-electron chi connectivity index (χ0n) is 27.9. The lowest BCUT2D eigenvalue weighted by Crippen LogP contribution is -2.45. The van der Waals surface area contributed by atoms with Crippen LogP contribution in [0.1, 0.15) is 26.5 Å². The Kier molecular flexibility index (Phi) is 8.92. The van der Waals surface area contributed by atoms with Gasteiger partial charge in [-0.3, -0.25) is 24.0 Å². The lowest BCUT2D eigenvalue weighted by Gasteiger charge is -2.36. The van der Waals surface area contributed by atoms with E-state index in [1.54, 1.807) is 24.3 Å². The molecule has 3 heterocycles. The number of carbonyl (C=O) groups excluding carboxylic acids is 2. The Hall–Kier alpha value is -6.14. The molecule has 0 aliphatic carbocycles. The SMILES string of the molecule is COc1cc(NC(=O)c2cc(=O)c3ccccc3o2)c(C(=O)Nc2ccc(N3CCN(Cc4ccc5c(cnn5C)c4)CC3)cc2)cc1OC. The molecule has 2 N–H and O–H groups in total. The number of para-hydroxylation sites is 1. The number of anilines is 3. The standard InChI is InChI=1S/C38H36N6O6/c1-42-31-13-8-24(18-25(31)22-39-42)23-43-14-16-44(17-15-43)27-11-9-26(10-12-27)40-37(46)29-19-34(48-2)35(49-3)20-30(29)41-38(47)36-21-32(45)28-6-4-5-7-33(28)50-36/h4-13,18-22H,14-17,23H2,1-3H3,(H,40,46)(H,41,47). The lowest BCUT2D eigenvalue weighted by molar-refractivity contribution is 0.0997. The fourth-order valence-corrected chi connectivity index (χ4v) is 6.26. The third-order valence-electron chi connectivity index (χ3n) is 8.95. The summed E-state index contributed by atoms with van der Waals surface area (Å²) in [7, 11) is 4.87. The van der Waals surface area contributed by atoms with E-state index < -0.39 is 11.8 Å². The molecule has 0 unspecified atom stereocenters. The van der Waals surface area contributed by atoms with E-state index in [2.05, 4.69) is 43.7 Å². The minimum absolute atomic E-state index is 0.127. The monoisotopic (exact) mass is 672 g/mol. The fourth-order valence-electron chi connectivity index (χ4n) is 6.26. The second kappa shape index (κ2) is 13.8. The van der Waals surface area contributed by atoms with Crippen LogP contribution in [0, 0.1) is 0 Å². The summed E-state index contributed by atoms with van der Waals surface area (Å²) in [6.45, 7) is 4.51. The van der Waals surface area contributed by atoms with Crippen molar-refractivity contribution in [2.24, 2.45) is 7.05 Å². The van der Waals surface area contributed by atoms with Crippen molar-refractivity contribution in [3.63, 3.8) is 0 Å². The summed E-state index contributed by atoms with van der Waals surface area (Å²) in [4.78, 5) is 44.3. The topological polar surface area (TPSA) is 131 Å². The Labute approximate surface area is 287 Å². The maximum atomic E-state index is 13.6. The first-order valence-corrected chi connectivity index (χ1v) is 16.2. The van der Waals surface area contributed by atoms with Crippen LogP contribution in [-0.4, -0.2) is 66.9 Å². The van der Waals surface area contributed by atoms with Crippen molar-refractivity contribution >= 4 is 50.7 Å². The van der Waals surface area contributed by atoms with Crippen molar-refractivity contribution in [1.29, 1.82) is 0 Å². The van der Waals surface area contributed by atoms with Gasteiger partial charge in [0.15, 0.2) is 22.7 Å². The molecule has 0 saturated carbocycles. The predicted octanol–water partition coefficient (Wildman–Crippen LogP) is 5.52. The second-order valence-electron chi connectivity index (χ2n) is 12.1. The molecule has 6 aromatic rings. The highest BCUT2D eigenvalue weighted by molar-refractivity contribution is 6.12. The van der Waals surface area contributed by atoms with Crippen molar-refractivity contribution in [2.75, 3.05) is 55.9 Å². The van der Waals surface area contributed by atoms with Gasteiger partial charge in [-0.1, -0.05) is 18.2 Å². The molecule has 12 heteroatoms. The van der Waals surface area contributed by atoms with E-state index in [0.29, 0.717) is 22.6 Å². The average molecular weight is 673 g/mol. The number of hydrogen-bond donors (Lipinski definition) is 2. The zero-order valence-corrected chi connectivity index (χ0v) is 27.9. The molecule has 0 atom stereocenters. The summed E-state index contributed by atoms with van der Waals surface area (Å²) >= 11 is 0. The second-order valence-corrected chi connectivity index (χ2v) is 12.1. The normalized spacial score (nSPS) is 13.4. The third kappa shape index (κ3) is 6.61. The summed E-state index contributed by atoms with van der Waals surface area (Å²) < 4.78 is 18.5. The van der Waals surface area contributed by atoms with Gasteiger partial charge in [-0.05, 0) is 60.2 Å². The van der Waals surface area contributed by atoms with Crippen LogP contribution < -0.4 is 30.4 Å². The molecule has 254 valence electrons. The van der Waals surface area contributed by atoms with Crippen molar-refractivity contribution in [1.82, 2.24) is 14.7 Å². The number of amides is 2. The molecule has 2 aromatic heterocycles. The number of aryl methyl sites for hydroxylation is 1. The number of fused-ring (bicyclic) bond motifs is 2. The molecule has 7 rings (SSSR count). The third-order valence-corrected chi connectivity index (χ3v) is 8.95. The van der Waals surface area contributed by atoms with Crippen LogP contribution in [0.25, 0.3) is 21.9 Å². The molecule has 12 nitrogen and oxygen atoms in total. The first kappa shape index (κ1) is 32.4. The highest BCUT2D eigenvalue weighted by atomic mass is 16.5. The van der Waals surface area contributed by atoms with Gasteiger partial charge in [0.25, 0.3) is 11.8 Å². The smallest absolute Gasteiger partial charge is 0.291 e. The van der Waals surface area contributed by atoms with Gasteiger partial charge in [-0.25, -0.2) is 0 Å². The Morgan fingerprint density at radius 2 is 1.58 bits per heavy atom. The average Bonchev–Trinajstić information content (AvgIpc) is 3.51. The van der Waals surface area contributed by atoms with Gasteiger partial charge in [0.2, 0.25) is 0 Å². The molecule has 1 saturated heterocycles. The number of methoxy groups -OCH3 is 2. The number of rotatable bonds is 9. The van der Waals surface area contributed by atoms with E-state index in [4.69, 9.17) is 13.9 Å². The van der Waals surface area contributed by atoms with Crippen LogP contribution in [-0.2, 0) is 13.6 Å². The maximum Gasteiger partial charge on any atom is 0.291 e. The van der Waals surface area contributed by atoms with E-state index in [1.165, 1.54) is 31.9 Å². The lowest BCUT2D eigenvalue weighted by atomic mass is 10.1. The molecule has 50 heavy (non-hydrogen) atoms. The number of nitrogens with zero attached hydrogens (tertiary/aromatic N) is 4. The van der Waals surface area contributed by atoms with Gasteiger partial charge >= 0.3 is 0 Å². The molecule has 4 aromatic carbocycles. The number of nitrogens with one attached hydrogen (secondary N) is 2. The van der Waals surface area contributed by atoms with Gasteiger partial charge in [0.1, 0.15) is 5.58 Å². The Balaban J connectivity index is 1.02. The summed E-state index contributed by atoms with van der Waals surface area (Å²) in [5, 5.41) is 11.5. The van der Waals surface area contributed by atoms with Gasteiger partial charge in [-0.2, -0.15) is 5.10 Å². The minimum atomic E-state index is -0.701. The number of piperazine rings is 1. The Morgan fingerprint density at radius 1 is 0.840 bits per heavy atom. The Bertz CT molecular complexity index is 2270. The molecule has 1 fully saturated rings. The maximum absolute atomic E-state index is 13.6. The van der Waals surface area contributed by atoms with Crippen LogP contribution in [0.15, 0.2) is 100 Å². The Morgan fingerprint density at radius 3 is 2.34 bits per heavy atom. The quantitative estimate of drug-likeness (QED) is 0.204. The van der Waals surface area contributed by atoms with Crippen molar-refractivity contribution < 1.29 is 23.5 Å². The summed E-state index contributed by atoms with van der Waals surface area (Å²) in [6, 6.07) is 25.0. The number of carbonyl (C=O) groups is 2. The highest BCUT2D eigenvalue weighted by Gasteiger charge is 2.22. The minimum Gasteiger partial charge on any atom is -0.493 e. The molecule has 0 bridgehead atoms. The van der Waals surface area contributed by atoms with Crippen molar-refractivity contribution in [3.05, 3.63) is 118 Å². The van der Waals surface area contributed by atoms with Crippen molar-refractivity contribution in [3.8, 4) is 11.5 Å². The number of ether oxygens (including phenoxy) is 2. The van der Waals surface area contributed by atoms with Gasteiger partial charge in [0, 0.05) is 68.7 Å². The number of benzene rings is 4. The summed E-state index contributed by atoms with van der Waals surface area (Å²) in [6.07, 6.45) is 1.91. The largest absolute Gasteiger partial charge is 0.493 e.